The second-order valence-electron chi connectivity index (χ2n) is 10.1. The summed E-state index contributed by atoms with van der Waals surface area (Å²) in [5, 5.41) is 3.58. The lowest BCUT2D eigenvalue weighted by Crippen LogP contribution is -2.30. The molecular weight excluding hydrogens is 354 g/mol. The third kappa shape index (κ3) is 3.27. The number of nitrogens with zero attached hydrogens (tertiary/aromatic N) is 1. The average Bonchev–Trinajstić information content (AvgIpc) is 3.47. The van der Waals surface area contributed by atoms with E-state index in [0.717, 1.165) is 5.56 Å². The Bertz CT molecular complexity index is 1000. The van der Waals surface area contributed by atoms with E-state index in [-0.39, 0.29) is 16.2 Å². The Kier molecular flexibility index (Phi) is 4.41. The number of rotatable bonds is 4. The number of allylic oxidation sites excluding steroid dienone is 2. The van der Waals surface area contributed by atoms with Gasteiger partial charge in [0.15, 0.2) is 0 Å². The molecule has 0 radical (unpaired) electrons. The second kappa shape index (κ2) is 6.48. The van der Waals surface area contributed by atoms with Gasteiger partial charge >= 0.3 is 0 Å². The minimum Gasteiger partial charge on any atom is -0.385 e. The van der Waals surface area contributed by atoms with Gasteiger partial charge in [0, 0.05) is 22.7 Å². The third-order valence-electron chi connectivity index (χ3n) is 6.99. The van der Waals surface area contributed by atoms with Gasteiger partial charge in [0.25, 0.3) is 0 Å². The highest BCUT2D eigenvalue weighted by atomic mass is 15.1. The molecule has 0 saturated heterocycles. The van der Waals surface area contributed by atoms with E-state index in [2.05, 4.69) is 88.3 Å². The largest absolute Gasteiger partial charge is 0.385 e. The Morgan fingerprint density at radius 1 is 0.897 bits per heavy atom. The summed E-state index contributed by atoms with van der Waals surface area (Å²) in [6.07, 6.45) is 7.76. The Morgan fingerprint density at radius 3 is 1.97 bits per heavy atom. The van der Waals surface area contributed by atoms with Crippen molar-refractivity contribution < 1.29 is 0 Å². The summed E-state index contributed by atoms with van der Waals surface area (Å²) in [4.78, 5) is 0. The van der Waals surface area contributed by atoms with E-state index in [0.29, 0.717) is 12.3 Å². The van der Waals surface area contributed by atoms with Gasteiger partial charge < -0.3 is 11.6 Å². The fourth-order valence-electron chi connectivity index (χ4n) is 4.92. The van der Waals surface area contributed by atoms with Gasteiger partial charge in [-0.1, -0.05) is 76.2 Å². The number of amidine groups is 1. The van der Waals surface area contributed by atoms with Gasteiger partial charge in [-0.2, -0.15) is 5.10 Å². The van der Waals surface area contributed by atoms with Gasteiger partial charge in [-0.25, -0.2) is 0 Å². The number of fused-ring (bicyclic) bond motifs is 1. The second-order valence-corrected chi connectivity index (χ2v) is 10.1. The molecule has 2 aliphatic carbocycles. The fraction of sp³-hybridized carbons (Fsp3) is 0.423. The van der Waals surface area contributed by atoms with Crippen LogP contribution in [0.15, 0.2) is 53.7 Å². The van der Waals surface area contributed by atoms with Crippen LogP contribution in [0.3, 0.4) is 0 Å². The Hall–Kier alpha value is -2.55. The molecule has 0 aliphatic heterocycles. The lowest BCUT2D eigenvalue weighted by atomic mass is 9.66. The van der Waals surface area contributed by atoms with E-state index in [1.54, 1.807) is 0 Å². The number of hydrazone groups is 1. The van der Waals surface area contributed by atoms with Gasteiger partial charge in [-0.15, -0.1) is 0 Å². The molecule has 0 heterocycles. The van der Waals surface area contributed by atoms with Crippen LogP contribution in [0, 0.1) is 6.92 Å². The Morgan fingerprint density at radius 2 is 1.45 bits per heavy atom. The molecule has 1 fully saturated rings. The quantitative estimate of drug-likeness (QED) is 0.256. The maximum Gasteiger partial charge on any atom is 0.123 e. The van der Waals surface area contributed by atoms with Crippen molar-refractivity contribution in [3.63, 3.8) is 0 Å². The number of nitrogens with two attached hydrogens (primary N) is 2. The summed E-state index contributed by atoms with van der Waals surface area (Å²) in [6.45, 7) is 11.6. The van der Waals surface area contributed by atoms with Crippen molar-refractivity contribution in [3.05, 3.63) is 81.9 Å². The predicted molar refractivity (Wildman–Crippen MR) is 122 cm³/mol. The summed E-state index contributed by atoms with van der Waals surface area (Å²) in [5.41, 5.74) is 14.5. The highest BCUT2D eigenvalue weighted by molar-refractivity contribution is 5.82. The topological polar surface area (TPSA) is 64.4 Å². The van der Waals surface area contributed by atoms with E-state index in [1.807, 2.05) is 0 Å². The molecule has 0 atom stereocenters. The van der Waals surface area contributed by atoms with Crippen LogP contribution >= 0.6 is 0 Å². The number of aryl methyl sites for hydroxylation is 1. The van der Waals surface area contributed by atoms with Gasteiger partial charge in [0.1, 0.15) is 5.84 Å². The fourth-order valence-corrected chi connectivity index (χ4v) is 4.92. The van der Waals surface area contributed by atoms with Crippen LogP contribution < -0.4 is 11.6 Å². The van der Waals surface area contributed by atoms with Crippen LogP contribution in [-0.2, 0) is 22.7 Å². The van der Waals surface area contributed by atoms with Gasteiger partial charge in [0.2, 0.25) is 0 Å². The molecule has 0 amide bonds. The van der Waals surface area contributed by atoms with Crippen molar-refractivity contribution in [2.45, 2.75) is 70.1 Å². The monoisotopic (exact) mass is 387 g/mol. The molecule has 2 aromatic carbocycles. The lowest BCUT2D eigenvalue weighted by molar-refractivity contribution is 0.560. The van der Waals surface area contributed by atoms with Gasteiger partial charge in [0.05, 0.1) is 0 Å². The lowest BCUT2D eigenvalue weighted by Gasteiger charge is -2.38. The summed E-state index contributed by atoms with van der Waals surface area (Å²) in [6, 6.07) is 13.8. The SMILES string of the molecule is Cc1cc2c(cc1C1(c3ccc(C/C(N)=N/N)cc3)CC1)C(C)(C)C=CC2(C)C. The molecule has 3 heteroatoms. The number of benzene rings is 2. The number of hydrogen-bond donors (Lipinski definition) is 2. The van der Waals surface area contributed by atoms with E-state index >= 15 is 0 Å². The number of hydrogen-bond acceptors (Lipinski definition) is 2. The highest BCUT2D eigenvalue weighted by Crippen LogP contribution is 2.56. The first-order valence-electron chi connectivity index (χ1n) is 10.6. The minimum atomic E-state index is 0.0618. The molecule has 29 heavy (non-hydrogen) atoms. The highest BCUT2D eigenvalue weighted by Gasteiger charge is 2.47. The zero-order valence-electron chi connectivity index (χ0n) is 18.3. The van der Waals surface area contributed by atoms with Crippen LogP contribution in [0.5, 0.6) is 0 Å². The Balaban J connectivity index is 1.76. The summed E-state index contributed by atoms with van der Waals surface area (Å²) >= 11 is 0. The molecule has 0 spiro atoms. The van der Waals surface area contributed by atoms with Gasteiger partial charge in [-0.05, 0) is 53.1 Å². The van der Waals surface area contributed by atoms with E-state index in [9.17, 15) is 0 Å². The molecule has 0 aromatic heterocycles. The van der Waals surface area contributed by atoms with Crippen LogP contribution in [0.25, 0.3) is 0 Å². The molecule has 4 N–H and O–H groups in total. The molecular formula is C26H33N3. The molecule has 2 aromatic rings. The van der Waals surface area contributed by atoms with E-state index in [1.165, 1.54) is 40.7 Å². The predicted octanol–water partition coefficient (Wildman–Crippen LogP) is 4.97. The third-order valence-corrected chi connectivity index (χ3v) is 6.99. The van der Waals surface area contributed by atoms with Crippen LogP contribution in [0.1, 0.15) is 73.9 Å². The maximum atomic E-state index is 5.78. The summed E-state index contributed by atoms with van der Waals surface area (Å²) in [5.74, 6) is 5.74. The zero-order valence-corrected chi connectivity index (χ0v) is 18.3. The summed E-state index contributed by atoms with van der Waals surface area (Å²) in [7, 11) is 0. The minimum absolute atomic E-state index is 0.0618. The van der Waals surface area contributed by atoms with Crippen LogP contribution in [0.4, 0.5) is 0 Å². The molecule has 3 nitrogen and oxygen atoms in total. The van der Waals surface area contributed by atoms with Crippen molar-refractivity contribution in [3.8, 4) is 0 Å². The van der Waals surface area contributed by atoms with Crippen molar-refractivity contribution >= 4 is 5.84 Å². The standard InChI is InChI=1S/C26H33N3/c1-17-14-21-22(25(4,5)11-10-24(21,2)3)16-20(17)26(12-13-26)19-8-6-18(7-9-19)15-23(27)29-28/h6-11,14,16H,12-13,15,28H2,1-5H3,(H2,27,29). The van der Waals surface area contributed by atoms with E-state index < -0.39 is 0 Å². The molecule has 152 valence electrons. The van der Waals surface area contributed by atoms with Crippen molar-refractivity contribution in [2.24, 2.45) is 16.7 Å². The summed E-state index contributed by atoms with van der Waals surface area (Å²) < 4.78 is 0. The van der Waals surface area contributed by atoms with Crippen molar-refractivity contribution in [2.75, 3.05) is 0 Å². The zero-order chi connectivity index (χ0) is 21.0. The first-order chi connectivity index (χ1) is 13.6. The Labute approximate surface area is 174 Å². The van der Waals surface area contributed by atoms with Crippen LogP contribution in [0.2, 0.25) is 0 Å². The van der Waals surface area contributed by atoms with Gasteiger partial charge in [-0.3, -0.25) is 0 Å². The van der Waals surface area contributed by atoms with Crippen LogP contribution in [-0.4, -0.2) is 5.84 Å². The average molecular weight is 388 g/mol. The first kappa shape index (κ1) is 19.8. The van der Waals surface area contributed by atoms with E-state index in [4.69, 9.17) is 11.6 Å². The molecule has 2 aliphatic rings. The maximum absolute atomic E-state index is 5.78. The molecule has 1 saturated carbocycles. The molecule has 4 rings (SSSR count). The van der Waals surface area contributed by atoms with Crippen molar-refractivity contribution in [1.82, 2.24) is 0 Å². The molecule has 0 unspecified atom stereocenters. The smallest absolute Gasteiger partial charge is 0.123 e. The molecule has 0 bridgehead atoms. The van der Waals surface area contributed by atoms with Crippen molar-refractivity contribution in [1.29, 1.82) is 0 Å². The normalized spacial score (nSPS) is 20.9. The first-order valence-corrected chi connectivity index (χ1v) is 10.6.